The van der Waals surface area contributed by atoms with Crippen molar-refractivity contribution in [3.63, 3.8) is 0 Å². The van der Waals surface area contributed by atoms with Crippen LogP contribution in [0.2, 0.25) is 0 Å². The summed E-state index contributed by atoms with van der Waals surface area (Å²) in [6.45, 7) is 10.8. The first-order valence-electron chi connectivity index (χ1n) is 9.23. The lowest BCUT2D eigenvalue weighted by Crippen LogP contribution is -3.27. The van der Waals surface area contributed by atoms with Crippen LogP contribution in [0.3, 0.4) is 0 Å². The Bertz CT molecular complexity index is 595. The number of piperidine rings is 1. The summed E-state index contributed by atoms with van der Waals surface area (Å²) in [4.78, 5) is 12.3. The molecule has 1 saturated heterocycles. The van der Waals surface area contributed by atoms with Crippen molar-refractivity contribution in [1.82, 2.24) is 0 Å². The fourth-order valence-corrected chi connectivity index (χ4v) is 4.29. The van der Waals surface area contributed by atoms with Gasteiger partial charge >= 0.3 is 0 Å². The van der Waals surface area contributed by atoms with Crippen LogP contribution in [0.25, 0.3) is 0 Å². The van der Waals surface area contributed by atoms with Gasteiger partial charge in [0.1, 0.15) is 25.0 Å². The van der Waals surface area contributed by atoms with Gasteiger partial charge in [-0.05, 0) is 52.0 Å². The molecule has 0 aromatic heterocycles. The second-order valence-corrected chi connectivity index (χ2v) is 8.68. The number of amides is 1. The molecule has 1 atom stereocenters. The Labute approximate surface area is 156 Å². The third-order valence-corrected chi connectivity index (χ3v) is 5.18. The van der Waals surface area contributed by atoms with E-state index in [0.29, 0.717) is 18.0 Å². The zero-order valence-electron chi connectivity index (χ0n) is 16.5. The maximum atomic E-state index is 11.0. The first-order chi connectivity index (χ1) is 12.0. The van der Waals surface area contributed by atoms with Crippen molar-refractivity contribution in [2.45, 2.75) is 70.7 Å². The van der Waals surface area contributed by atoms with E-state index in [-0.39, 0.29) is 29.7 Å². The Balaban J connectivity index is 1.91. The van der Waals surface area contributed by atoms with Crippen LogP contribution in [-0.4, -0.2) is 52.6 Å². The van der Waals surface area contributed by atoms with Crippen molar-refractivity contribution < 1.29 is 24.6 Å². The number of quaternary nitrogens is 1. The Morgan fingerprint density at radius 1 is 1.23 bits per heavy atom. The summed E-state index contributed by atoms with van der Waals surface area (Å²) in [6.07, 6.45) is 0.557. The van der Waals surface area contributed by atoms with Crippen LogP contribution in [-0.2, 0) is 4.79 Å². The molecule has 4 N–H and O–H groups in total. The minimum Gasteiger partial charge on any atom is -0.491 e. The number of carbonyl (C=O) groups is 1. The Kier molecular flexibility index (Phi) is 6.32. The normalized spacial score (nSPS) is 25.3. The minimum atomic E-state index is -0.603. The summed E-state index contributed by atoms with van der Waals surface area (Å²) in [6, 6.07) is 7.09. The lowest BCUT2D eigenvalue weighted by atomic mass is 9.78. The summed E-state index contributed by atoms with van der Waals surface area (Å²) >= 11 is 0. The average Bonchev–Trinajstić information content (AvgIpc) is 2.48. The fourth-order valence-electron chi connectivity index (χ4n) is 4.29. The summed E-state index contributed by atoms with van der Waals surface area (Å²) in [5.41, 5.74) is 0.495. The molecular formula is C20H33N2O4+. The molecule has 1 aliphatic rings. The van der Waals surface area contributed by atoms with E-state index in [2.05, 4.69) is 33.0 Å². The molecule has 0 bridgehead atoms. The number of anilines is 1. The second-order valence-electron chi connectivity index (χ2n) is 8.68. The van der Waals surface area contributed by atoms with E-state index in [4.69, 9.17) is 4.74 Å². The number of ether oxygens (including phenoxy) is 1. The highest BCUT2D eigenvalue weighted by atomic mass is 16.5. The van der Waals surface area contributed by atoms with Crippen LogP contribution in [0.1, 0.15) is 47.5 Å². The first-order valence-corrected chi connectivity index (χ1v) is 9.23. The number of hydrogen-bond acceptors (Lipinski definition) is 4. The predicted octanol–water partition coefficient (Wildman–Crippen LogP) is 0.982. The fraction of sp³-hybridized carbons (Fsp3) is 0.650. The molecule has 26 heavy (non-hydrogen) atoms. The lowest BCUT2D eigenvalue weighted by Gasteiger charge is -2.51. The number of aliphatic hydroxyl groups is 2. The smallest absolute Gasteiger partial charge is 0.221 e. The van der Waals surface area contributed by atoms with Gasteiger partial charge in [0.25, 0.3) is 0 Å². The molecule has 0 spiro atoms. The first kappa shape index (κ1) is 20.7. The monoisotopic (exact) mass is 365 g/mol. The molecule has 2 rings (SSSR count). The van der Waals surface area contributed by atoms with Gasteiger partial charge in [0.2, 0.25) is 5.91 Å². The number of hydrogen-bond donors (Lipinski definition) is 4. The van der Waals surface area contributed by atoms with Gasteiger partial charge in [-0.3, -0.25) is 4.79 Å². The van der Waals surface area contributed by atoms with E-state index in [1.807, 2.05) is 0 Å². The summed E-state index contributed by atoms with van der Waals surface area (Å²) < 4.78 is 5.70. The highest BCUT2D eigenvalue weighted by Crippen LogP contribution is 2.24. The summed E-state index contributed by atoms with van der Waals surface area (Å²) in [5.74, 6) is 0.537. The zero-order chi connectivity index (χ0) is 19.5. The molecule has 0 saturated carbocycles. The van der Waals surface area contributed by atoms with Crippen LogP contribution in [0.15, 0.2) is 24.3 Å². The Hall–Kier alpha value is -1.63. The van der Waals surface area contributed by atoms with Gasteiger partial charge in [-0.15, -0.1) is 0 Å². The topological polar surface area (TPSA) is 83.2 Å². The van der Waals surface area contributed by atoms with Crippen molar-refractivity contribution in [2.75, 3.05) is 18.5 Å². The SMILES string of the molecule is CC(=O)Nc1ccc(OC[C@H](O)C[NH+]2C(C)(C)CC(O)CC2(C)C)cc1. The molecular weight excluding hydrogens is 332 g/mol. The van der Waals surface area contributed by atoms with E-state index in [9.17, 15) is 15.0 Å². The molecule has 1 amide bonds. The van der Waals surface area contributed by atoms with Crippen molar-refractivity contribution in [3.05, 3.63) is 24.3 Å². The predicted molar refractivity (Wildman–Crippen MR) is 101 cm³/mol. The Morgan fingerprint density at radius 3 is 2.27 bits per heavy atom. The molecule has 6 heteroatoms. The van der Waals surface area contributed by atoms with Gasteiger partial charge in [-0.25, -0.2) is 0 Å². The lowest BCUT2D eigenvalue weighted by molar-refractivity contribution is -1.00. The number of rotatable bonds is 6. The molecule has 1 aromatic carbocycles. The zero-order valence-corrected chi connectivity index (χ0v) is 16.5. The molecule has 146 valence electrons. The molecule has 1 aliphatic heterocycles. The van der Waals surface area contributed by atoms with Crippen molar-refractivity contribution >= 4 is 11.6 Å². The van der Waals surface area contributed by atoms with Crippen LogP contribution in [0.4, 0.5) is 5.69 Å². The molecule has 1 fully saturated rings. The van der Waals surface area contributed by atoms with Crippen LogP contribution < -0.4 is 15.0 Å². The van der Waals surface area contributed by atoms with Crippen LogP contribution in [0, 0.1) is 0 Å². The minimum absolute atomic E-state index is 0.109. The summed E-state index contributed by atoms with van der Waals surface area (Å²) in [5, 5.41) is 23.3. The summed E-state index contributed by atoms with van der Waals surface area (Å²) in [7, 11) is 0. The molecule has 0 aliphatic carbocycles. The molecule has 0 radical (unpaired) electrons. The highest BCUT2D eigenvalue weighted by molar-refractivity contribution is 5.88. The van der Waals surface area contributed by atoms with Crippen molar-refractivity contribution in [2.24, 2.45) is 0 Å². The Morgan fingerprint density at radius 2 is 1.77 bits per heavy atom. The number of nitrogens with one attached hydrogen (secondary N) is 2. The third kappa shape index (κ3) is 5.43. The molecule has 1 heterocycles. The number of carbonyl (C=O) groups excluding carboxylic acids is 1. The average molecular weight is 365 g/mol. The van der Waals surface area contributed by atoms with Gasteiger partial charge in [-0.2, -0.15) is 0 Å². The van der Waals surface area contributed by atoms with Gasteiger partial charge in [0.05, 0.1) is 17.2 Å². The molecule has 0 unspecified atom stereocenters. The largest absolute Gasteiger partial charge is 0.491 e. The third-order valence-electron chi connectivity index (χ3n) is 5.18. The van der Waals surface area contributed by atoms with Gasteiger partial charge in [0, 0.05) is 25.5 Å². The van der Waals surface area contributed by atoms with E-state index in [0.717, 1.165) is 12.8 Å². The van der Waals surface area contributed by atoms with E-state index in [1.54, 1.807) is 24.3 Å². The quantitative estimate of drug-likeness (QED) is 0.606. The maximum absolute atomic E-state index is 11.0. The highest BCUT2D eigenvalue weighted by Gasteiger charge is 2.49. The van der Waals surface area contributed by atoms with Crippen molar-refractivity contribution in [3.8, 4) is 5.75 Å². The van der Waals surface area contributed by atoms with Gasteiger partial charge in [-0.1, -0.05) is 0 Å². The van der Waals surface area contributed by atoms with Crippen LogP contribution >= 0.6 is 0 Å². The van der Waals surface area contributed by atoms with Crippen molar-refractivity contribution in [1.29, 1.82) is 0 Å². The maximum Gasteiger partial charge on any atom is 0.221 e. The number of likely N-dealkylation sites (tertiary alicyclic amines) is 1. The van der Waals surface area contributed by atoms with E-state index >= 15 is 0 Å². The number of aliphatic hydroxyl groups excluding tert-OH is 2. The molecule has 1 aromatic rings. The second kappa shape index (κ2) is 7.94. The van der Waals surface area contributed by atoms with E-state index in [1.165, 1.54) is 11.8 Å². The number of benzene rings is 1. The van der Waals surface area contributed by atoms with Gasteiger partial charge < -0.3 is 25.2 Å². The van der Waals surface area contributed by atoms with E-state index < -0.39 is 6.10 Å². The van der Waals surface area contributed by atoms with Crippen LogP contribution in [0.5, 0.6) is 5.75 Å². The standard InChI is InChI=1S/C20H32N2O4/c1-14(23)21-15-6-8-18(9-7-15)26-13-17(25)12-22-19(2,3)10-16(24)11-20(22,4)5/h6-9,16-17,24-25H,10-13H2,1-5H3,(H,21,23)/p+1/t17-/m1/s1. The van der Waals surface area contributed by atoms with Gasteiger partial charge in [0.15, 0.2) is 0 Å². The molecule has 6 nitrogen and oxygen atoms in total.